The van der Waals surface area contributed by atoms with E-state index in [9.17, 15) is 0 Å². The van der Waals surface area contributed by atoms with Crippen LogP contribution >= 0.6 is 11.8 Å². The third kappa shape index (κ3) is 3.15. The van der Waals surface area contributed by atoms with Crippen LogP contribution in [0.1, 0.15) is 12.0 Å². The van der Waals surface area contributed by atoms with Gasteiger partial charge in [0.05, 0.1) is 18.8 Å². The molecule has 3 heterocycles. The van der Waals surface area contributed by atoms with Crippen LogP contribution in [0.2, 0.25) is 0 Å². The summed E-state index contributed by atoms with van der Waals surface area (Å²) >= 11 is 2.01. The van der Waals surface area contributed by atoms with Crippen LogP contribution in [0.5, 0.6) is 0 Å². The Labute approximate surface area is 129 Å². The number of morpholine rings is 1. The first kappa shape index (κ1) is 14.6. The highest BCUT2D eigenvalue weighted by Crippen LogP contribution is 2.34. The van der Waals surface area contributed by atoms with Gasteiger partial charge in [0.25, 0.3) is 0 Å². The summed E-state index contributed by atoms with van der Waals surface area (Å²) in [6.07, 6.45) is 2.91. The summed E-state index contributed by atoms with van der Waals surface area (Å²) in [6.45, 7) is 4.47. The van der Waals surface area contributed by atoms with E-state index in [1.54, 1.807) is 18.3 Å². The molecule has 0 aliphatic carbocycles. The number of nitrogens with one attached hydrogen (secondary N) is 1. The Morgan fingerprint density at radius 2 is 2.33 bits per heavy atom. The highest BCUT2D eigenvalue weighted by molar-refractivity contribution is 7.99. The van der Waals surface area contributed by atoms with Gasteiger partial charge in [-0.05, 0) is 24.3 Å². The summed E-state index contributed by atoms with van der Waals surface area (Å²) in [5, 5.41) is 12.6. The van der Waals surface area contributed by atoms with Crippen molar-refractivity contribution < 1.29 is 4.74 Å². The molecular formula is C15H20N4OS. The molecule has 0 aromatic carbocycles. The number of anilines is 1. The van der Waals surface area contributed by atoms with Crippen molar-refractivity contribution in [2.45, 2.75) is 12.0 Å². The van der Waals surface area contributed by atoms with Crippen LogP contribution in [0.15, 0.2) is 18.3 Å². The fraction of sp³-hybridized carbons (Fsp3) is 0.600. The maximum absolute atomic E-state index is 9.16. The Kier molecular flexibility index (Phi) is 4.63. The molecule has 0 saturated carbocycles. The van der Waals surface area contributed by atoms with Crippen LogP contribution in [0.4, 0.5) is 5.82 Å². The van der Waals surface area contributed by atoms with Gasteiger partial charge in [-0.3, -0.25) is 4.90 Å². The number of nitriles is 1. The predicted octanol–water partition coefficient (Wildman–Crippen LogP) is 1.57. The van der Waals surface area contributed by atoms with Gasteiger partial charge in [-0.25, -0.2) is 4.98 Å². The molecule has 0 amide bonds. The van der Waals surface area contributed by atoms with E-state index in [0.717, 1.165) is 38.6 Å². The predicted molar refractivity (Wildman–Crippen MR) is 84.5 cm³/mol. The smallest absolute Gasteiger partial charge is 0.143 e. The lowest BCUT2D eigenvalue weighted by Crippen LogP contribution is -2.57. The molecule has 1 aromatic rings. The molecule has 0 radical (unpaired) electrons. The van der Waals surface area contributed by atoms with Gasteiger partial charge in [0.2, 0.25) is 0 Å². The maximum Gasteiger partial charge on any atom is 0.143 e. The quantitative estimate of drug-likeness (QED) is 0.911. The minimum atomic E-state index is 0.165. The molecule has 3 rings (SSSR count). The van der Waals surface area contributed by atoms with Crippen molar-refractivity contribution in [1.29, 1.82) is 5.26 Å². The molecule has 2 aliphatic heterocycles. The highest BCUT2D eigenvalue weighted by atomic mass is 32.2. The van der Waals surface area contributed by atoms with Gasteiger partial charge in [0, 0.05) is 37.1 Å². The average molecular weight is 304 g/mol. The standard InChI is InChI=1S/C15H20N4OS/c16-10-13-2-1-4-17-14(13)18-11-15(3-9-21-12-15)19-5-7-20-8-6-19/h1-2,4H,3,5-9,11-12H2,(H,17,18)/t15-/m0/s1. The van der Waals surface area contributed by atoms with E-state index in [4.69, 9.17) is 10.00 Å². The lowest BCUT2D eigenvalue weighted by atomic mass is 9.95. The molecule has 0 spiro atoms. The van der Waals surface area contributed by atoms with E-state index in [0.29, 0.717) is 11.4 Å². The maximum atomic E-state index is 9.16. The first-order chi connectivity index (χ1) is 10.3. The van der Waals surface area contributed by atoms with E-state index >= 15 is 0 Å². The zero-order valence-electron chi connectivity index (χ0n) is 12.0. The number of thioether (sulfide) groups is 1. The zero-order valence-corrected chi connectivity index (χ0v) is 12.9. The topological polar surface area (TPSA) is 61.2 Å². The molecule has 2 fully saturated rings. The van der Waals surface area contributed by atoms with Crippen molar-refractivity contribution in [3.63, 3.8) is 0 Å². The van der Waals surface area contributed by atoms with Crippen molar-refractivity contribution in [1.82, 2.24) is 9.88 Å². The molecule has 0 bridgehead atoms. The summed E-state index contributed by atoms with van der Waals surface area (Å²) in [5.74, 6) is 3.03. The van der Waals surface area contributed by atoms with Gasteiger partial charge in [0.1, 0.15) is 11.9 Å². The normalized spacial score (nSPS) is 26.4. The van der Waals surface area contributed by atoms with Crippen molar-refractivity contribution in [3.8, 4) is 6.07 Å². The average Bonchev–Trinajstić information content (AvgIpc) is 3.04. The van der Waals surface area contributed by atoms with Crippen LogP contribution in [-0.4, -0.2) is 59.8 Å². The fourth-order valence-electron chi connectivity index (χ4n) is 3.02. The summed E-state index contributed by atoms with van der Waals surface area (Å²) in [7, 11) is 0. The van der Waals surface area contributed by atoms with E-state index < -0.39 is 0 Å². The third-order valence-corrected chi connectivity index (χ3v) is 5.51. The van der Waals surface area contributed by atoms with Crippen LogP contribution in [0.25, 0.3) is 0 Å². The lowest BCUT2D eigenvalue weighted by Gasteiger charge is -2.43. The van der Waals surface area contributed by atoms with E-state index in [2.05, 4.69) is 21.3 Å². The molecular weight excluding hydrogens is 284 g/mol. The molecule has 21 heavy (non-hydrogen) atoms. The number of pyridine rings is 1. The number of aromatic nitrogens is 1. The molecule has 0 unspecified atom stereocenters. The van der Waals surface area contributed by atoms with Crippen molar-refractivity contribution in [2.24, 2.45) is 0 Å². The molecule has 1 atom stereocenters. The molecule has 2 saturated heterocycles. The number of nitrogens with zero attached hydrogens (tertiary/aromatic N) is 3. The minimum Gasteiger partial charge on any atom is -0.379 e. The van der Waals surface area contributed by atoms with Crippen molar-refractivity contribution >= 4 is 17.6 Å². The molecule has 2 aliphatic rings. The van der Waals surface area contributed by atoms with Gasteiger partial charge in [-0.15, -0.1) is 0 Å². The molecule has 1 N–H and O–H groups in total. The Morgan fingerprint density at radius 3 is 3.05 bits per heavy atom. The number of ether oxygens (including phenoxy) is 1. The summed E-state index contributed by atoms with van der Waals surface area (Å²) in [6, 6.07) is 5.80. The number of hydrogen-bond donors (Lipinski definition) is 1. The summed E-state index contributed by atoms with van der Waals surface area (Å²) in [4.78, 5) is 6.86. The molecule has 5 nitrogen and oxygen atoms in total. The first-order valence-corrected chi connectivity index (χ1v) is 8.49. The van der Waals surface area contributed by atoms with E-state index in [1.807, 2.05) is 11.8 Å². The van der Waals surface area contributed by atoms with E-state index in [-0.39, 0.29) is 5.54 Å². The Balaban J connectivity index is 1.72. The van der Waals surface area contributed by atoms with Gasteiger partial charge in [0.15, 0.2) is 0 Å². The number of hydrogen-bond acceptors (Lipinski definition) is 6. The molecule has 1 aromatic heterocycles. The molecule has 6 heteroatoms. The largest absolute Gasteiger partial charge is 0.379 e. The summed E-state index contributed by atoms with van der Waals surface area (Å²) in [5.41, 5.74) is 0.777. The third-order valence-electron chi connectivity index (χ3n) is 4.28. The van der Waals surface area contributed by atoms with Crippen LogP contribution in [-0.2, 0) is 4.74 Å². The minimum absolute atomic E-state index is 0.165. The van der Waals surface area contributed by atoms with Crippen LogP contribution < -0.4 is 5.32 Å². The van der Waals surface area contributed by atoms with Gasteiger partial charge < -0.3 is 10.1 Å². The van der Waals surface area contributed by atoms with Crippen LogP contribution in [0, 0.1) is 11.3 Å². The lowest BCUT2D eigenvalue weighted by molar-refractivity contribution is -0.00922. The van der Waals surface area contributed by atoms with Crippen molar-refractivity contribution in [2.75, 3.05) is 49.7 Å². The SMILES string of the molecule is N#Cc1cccnc1NC[C@@]1(N2CCOCC2)CCSC1. The second-order valence-electron chi connectivity index (χ2n) is 5.49. The van der Waals surface area contributed by atoms with Gasteiger partial charge >= 0.3 is 0 Å². The van der Waals surface area contributed by atoms with Gasteiger partial charge in [-0.1, -0.05) is 0 Å². The first-order valence-electron chi connectivity index (χ1n) is 7.34. The Bertz CT molecular complexity index is 519. The second kappa shape index (κ2) is 6.65. The van der Waals surface area contributed by atoms with E-state index in [1.165, 1.54) is 12.2 Å². The van der Waals surface area contributed by atoms with Gasteiger partial charge in [-0.2, -0.15) is 17.0 Å². The van der Waals surface area contributed by atoms with Crippen LogP contribution in [0.3, 0.4) is 0 Å². The summed E-state index contributed by atoms with van der Waals surface area (Å²) < 4.78 is 5.48. The second-order valence-corrected chi connectivity index (χ2v) is 6.60. The number of rotatable bonds is 4. The Morgan fingerprint density at radius 1 is 1.48 bits per heavy atom. The fourth-order valence-corrected chi connectivity index (χ4v) is 4.50. The van der Waals surface area contributed by atoms with Crippen molar-refractivity contribution in [3.05, 3.63) is 23.9 Å². The Hall–Kier alpha value is -1.29. The monoisotopic (exact) mass is 304 g/mol. The highest BCUT2D eigenvalue weighted by Gasteiger charge is 2.40. The molecule has 112 valence electrons. The zero-order chi connectivity index (χ0) is 14.5.